The summed E-state index contributed by atoms with van der Waals surface area (Å²) in [5.74, 6) is 6.25. The van der Waals surface area contributed by atoms with E-state index in [0.717, 1.165) is 11.0 Å². The van der Waals surface area contributed by atoms with E-state index in [0.29, 0.717) is 21.7 Å². The molecule has 0 saturated carbocycles. The first kappa shape index (κ1) is 12.2. The van der Waals surface area contributed by atoms with Gasteiger partial charge < -0.3 is 5.43 Å². The molecule has 0 aliphatic heterocycles. The molecule has 2 aromatic heterocycles. The molecule has 96 valence electrons. The lowest BCUT2D eigenvalue weighted by molar-refractivity contribution is 1.02. The second kappa shape index (κ2) is 4.70. The number of hydrazine groups is 1. The van der Waals surface area contributed by atoms with Crippen molar-refractivity contribution < 1.29 is 0 Å². The molecule has 0 aliphatic rings. The van der Waals surface area contributed by atoms with Crippen molar-refractivity contribution in [2.75, 3.05) is 5.43 Å². The van der Waals surface area contributed by atoms with Crippen LogP contribution in [0.3, 0.4) is 0 Å². The van der Waals surface area contributed by atoms with Gasteiger partial charge in [0.25, 0.3) is 0 Å². The molecule has 0 bridgehead atoms. The number of imidazole rings is 1. The summed E-state index contributed by atoms with van der Waals surface area (Å²) in [7, 11) is 0. The maximum atomic E-state index is 6.19. The highest BCUT2D eigenvalue weighted by atomic mass is 35.5. The van der Waals surface area contributed by atoms with E-state index in [1.165, 1.54) is 0 Å². The summed E-state index contributed by atoms with van der Waals surface area (Å²) < 4.78 is 1.79. The minimum Gasteiger partial charge on any atom is -0.307 e. The zero-order valence-corrected chi connectivity index (χ0v) is 11.2. The van der Waals surface area contributed by atoms with Crippen LogP contribution in [0, 0.1) is 0 Å². The number of nitrogens with zero attached hydrogens (tertiary/aromatic N) is 3. The van der Waals surface area contributed by atoms with Crippen molar-refractivity contribution in [3.8, 4) is 5.82 Å². The normalized spacial score (nSPS) is 10.9. The lowest BCUT2D eigenvalue weighted by atomic mass is 10.3. The molecule has 1 aromatic carbocycles. The Morgan fingerprint density at radius 2 is 1.95 bits per heavy atom. The molecule has 3 aromatic rings. The molecule has 0 fully saturated rings. The lowest BCUT2D eigenvalue weighted by Gasteiger charge is -2.09. The summed E-state index contributed by atoms with van der Waals surface area (Å²) >= 11 is 12.2. The van der Waals surface area contributed by atoms with Crippen LogP contribution in [0.5, 0.6) is 0 Å². The van der Waals surface area contributed by atoms with Crippen LogP contribution in [0.4, 0.5) is 5.82 Å². The molecule has 0 saturated heterocycles. The third-order valence-electron chi connectivity index (χ3n) is 2.73. The first-order valence-electron chi connectivity index (χ1n) is 5.46. The Labute approximate surface area is 118 Å². The fourth-order valence-electron chi connectivity index (χ4n) is 1.85. The zero-order valence-electron chi connectivity index (χ0n) is 9.64. The number of nitrogens with two attached hydrogens (primary N) is 1. The van der Waals surface area contributed by atoms with Crippen molar-refractivity contribution in [1.29, 1.82) is 0 Å². The number of nitrogen functional groups attached to an aromatic ring is 1. The molecular weight excluding hydrogens is 285 g/mol. The number of rotatable bonds is 2. The fraction of sp³-hybridized carbons (Fsp3) is 0. The third-order valence-corrected chi connectivity index (χ3v) is 3.30. The Morgan fingerprint density at radius 1 is 1.16 bits per heavy atom. The molecule has 7 heteroatoms. The topological polar surface area (TPSA) is 68.8 Å². The van der Waals surface area contributed by atoms with Gasteiger partial charge in [0.1, 0.15) is 6.33 Å². The molecule has 0 atom stereocenters. The zero-order chi connectivity index (χ0) is 13.4. The Bertz CT molecular complexity index is 753. The van der Waals surface area contributed by atoms with Gasteiger partial charge in [-0.2, -0.15) is 0 Å². The predicted octanol–water partition coefficient (Wildman–Crippen LogP) is 3.01. The highest BCUT2D eigenvalue weighted by molar-refractivity contribution is 6.36. The first-order chi connectivity index (χ1) is 9.20. The van der Waals surface area contributed by atoms with E-state index in [1.54, 1.807) is 17.0 Å². The Kier molecular flexibility index (Phi) is 3.02. The molecule has 0 aliphatic carbocycles. The van der Waals surface area contributed by atoms with Gasteiger partial charge in [0.15, 0.2) is 11.6 Å². The average molecular weight is 294 g/mol. The summed E-state index contributed by atoms with van der Waals surface area (Å²) in [6, 6.07) is 9.29. The number of pyridine rings is 1. The van der Waals surface area contributed by atoms with Gasteiger partial charge in [-0.25, -0.2) is 15.8 Å². The number of para-hydroxylation sites is 2. The summed E-state index contributed by atoms with van der Waals surface area (Å²) in [6.45, 7) is 0. The van der Waals surface area contributed by atoms with Crippen molar-refractivity contribution >= 4 is 40.1 Å². The molecule has 0 unspecified atom stereocenters. The third kappa shape index (κ3) is 2.02. The van der Waals surface area contributed by atoms with Gasteiger partial charge in [-0.3, -0.25) is 4.57 Å². The predicted molar refractivity (Wildman–Crippen MR) is 76.7 cm³/mol. The van der Waals surface area contributed by atoms with Crippen molar-refractivity contribution in [2.45, 2.75) is 0 Å². The van der Waals surface area contributed by atoms with Gasteiger partial charge in [0, 0.05) is 0 Å². The number of anilines is 1. The van der Waals surface area contributed by atoms with Crippen LogP contribution >= 0.6 is 23.2 Å². The first-order valence-corrected chi connectivity index (χ1v) is 6.21. The molecule has 5 nitrogen and oxygen atoms in total. The molecule has 2 heterocycles. The average Bonchev–Trinajstić information content (AvgIpc) is 2.83. The minimum atomic E-state index is 0.360. The molecule has 0 amide bonds. The molecule has 3 N–H and O–H groups in total. The Hall–Kier alpha value is -1.82. The molecule has 3 rings (SSSR count). The Morgan fingerprint density at radius 3 is 2.74 bits per heavy atom. The summed E-state index contributed by atoms with van der Waals surface area (Å²) in [6.07, 6.45) is 1.66. The van der Waals surface area contributed by atoms with Crippen molar-refractivity contribution in [3.05, 3.63) is 46.7 Å². The Balaban J connectivity index is 2.27. The highest BCUT2D eigenvalue weighted by Crippen LogP contribution is 2.29. The van der Waals surface area contributed by atoms with E-state index in [-0.39, 0.29) is 0 Å². The second-order valence-corrected chi connectivity index (χ2v) is 4.69. The van der Waals surface area contributed by atoms with Gasteiger partial charge in [-0.05, 0) is 18.2 Å². The number of fused-ring (bicyclic) bond motifs is 1. The second-order valence-electron chi connectivity index (χ2n) is 3.87. The van der Waals surface area contributed by atoms with E-state index in [1.807, 2.05) is 24.3 Å². The molecule has 0 spiro atoms. The van der Waals surface area contributed by atoms with Gasteiger partial charge in [0.05, 0.1) is 21.1 Å². The van der Waals surface area contributed by atoms with E-state index in [9.17, 15) is 0 Å². The van der Waals surface area contributed by atoms with Crippen LogP contribution in [0.1, 0.15) is 0 Å². The van der Waals surface area contributed by atoms with Crippen LogP contribution in [0.25, 0.3) is 16.9 Å². The van der Waals surface area contributed by atoms with Crippen LogP contribution in [0.2, 0.25) is 10.0 Å². The number of aromatic nitrogens is 3. The van der Waals surface area contributed by atoms with Crippen LogP contribution in [0.15, 0.2) is 36.7 Å². The van der Waals surface area contributed by atoms with E-state index in [2.05, 4.69) is 15.4 Å². The van der Waals surface area contributed by atoms with Crippen LogP contribution in [-0.2, 0) is 0 Å². The number of halogens is 2. The maximum Gasteiger partial charge on any atom is 0.161 e. The number of nitrogens with one attached hydrogen (secondary N) is 1. The van der Waals surface area contributed by atoms with Crippen molar-refractivity contribution in [3.63, 3.8) is 0 Å². The SMILES string of the molecule is NNc1nc(-n2cnc3ccccc32)c(Cl)cc1Cl. The fourth-order valence-corrected chi connectivity index (χ4v) is 2.36. The number of hydrogen-bond acceptors (Lipinski definition) is 4. The lowest BCUT2D eigenvalue weighted by Crippen LogP contribution is -2.11. The largest absolute Gasteiger partial charge is 0.307 e. The van der Waals surface area contributed by atoms with Gasteiger partial charge in [0.2, 0.25) is 0 Å². The summed E-state index contributed by atoms with van der Waals surface area (Å²) in [5.41, 5.74) is 4.20. The monoisotopic (exact) mass is 293 g/mol. The van der Waals surface area contributed by atoms with Crippen LogP contribution in [-0.4, -0.2) is 14.5 Å². The molecule has 0 radical (unpaired) electrons. The van der Waals surface area contributed by atoms with Crippen LogP contribution < -0.4 is 11.3 Å². The van der Waals surface area contributed by atoms with Crippen molar-refractivity contribution in [1.82, 2.24) is 14.5 Å². The van der Waals surface area contributed by atoms with E-state index < -0.39 is 0 Å². The highest BCUT2D eigenvalue weighted by Gasteiger charge is 2.12. The number of hydrogen-bond donors (Lipinski definition) is 2. The van der Waals surface area contributed by atoms with Gasteiger partial charge in [-0.1, -0.05) is 35.3 Å². The van der Waals surface area contributed by atoms with E-state index in [4.69, 9.17) is 29.0 Å². The minimum absolute atomic E-state index is 0.360. The van der Waals surface area contributed by atoms with Gasteiger partial charge in [-0.15, -0.1) is 0 Å². The quantitative estimate of drug-likeness (QED) is 0.563. The maximum absolute atomic E-state index is 6.19. The number of benzene rings is 1. The van der Waals surface area contributed by atoms with Gasteiger partial charge >= 0.3 is 0 Å². The molecular formula is C12H9Cl2N5. The standard InChI is InChI=1S/C12H9Cl2N5/c13-7-5-8(14)12(17-11(7)18-15)19-6-16-9-3-1-2-4-10(9)19/h1-6H,15H2,(H,17,18). The van der Waals surface area contributed by atoms with Crippen molar-refractivity contribution in [2.24, 2.45) is 5.84 Å². The van der Waals surface area contributed by atoms with E-state index >= 15 is 0 Å². The molecule has 19 heavy (non-hydrogen) atoms. The summed E-state index contributed by atoms with van der Waals surface area (Å²) in [4.78, 5) is 8.60. The smallest absolute Gasteiger partial charge is 0.161 e. The summed E-state index contributed by atoms with van der Waals surface area (Å²) in [5, 5.41) is 0.785.